The van der Waals surface area contributed by atoms with Crippen LogP contribution in [0.3, 0.4) is 0 Å². The molecule has 0 atom stereocenters. The van der Waals surface area contributed by atoms with Crippen molar-refractivity contribution in [1.29, 1.82) is 0 Å². The molecule has 3 nitrogen and oxygen atoms in total. The highest BCUT2D eigenvalue weighted by atomic mass is 35.5. The van der Waals surface area contributed by atoms with E-state index in [1.54, 1.807) is 0 Å². The summed E-state index contributed by atoms with van der Waals surface area (Å²) >= 11 is 0. The fourth-order valence-electron chi connectivity index (χ4n) is 3.14. The van der Waals surface area contributed by atoms with E-state index in [4.69, 9.17) is 5.73 Å². The largest absolute Gasteiger partial charge is 0.329 e. The van der Waals surface area contributed by atoms with Gasteiger partial charge in [0, 0.05) is 45.3 Å². The summed E-state index contributed by atoms with van der Waals surface area (Å²) in [5, 5.41) is 0. The number of piperazine rings is 1. The van der Waals surface area contributed by atoms with Crippen molar-refractivity contribution >= 4 is 12.4 Å². The third kappa shape index (κ3) is 4.40. The van der Waals surface area contributed by atoms with Crippen molar-refractivity contribution in [3.05, 3.63) is 0 Å². The number of hydrogen-bond donors (Lipinski definition) is 1. The van der Waals surface area contributed by atoms with Crippen molar-refractivity contribution in [1.82, 2.24) is 9.80 Å². The monoisotopic (exact) mass is 261 g/mol. The number of rotatable bonds is 3. The van der Waals surface area contributed by atoms with E-state index in [2.05, 4.69) is 16.7 Å². The minimum Gasteiger partial charge on any atom is -0.329 e. The Kier molecular flexibility index (Phi) is 6.78. The molecule has 2 N–H and O–H groups in total. The van der Waals surface area contributed by atoms with Crippen molar-refractivity contribution < 1.29 is 0 Å². The van der Waals surface area contributed by atoms with E-state index < -0.39 is 0 Å². The molecule has 0 unspecified atom stereocenters. The summed E-state index contributed by atoms with van der Waals surface area (Å²) in [7, 11) is 0. The van der Waals surface area contributed by atoms with Crippen molar-refractivity contribution in [2.45, 2.75) is 38.6 Å². The van der Waals surface area contributed by atoms with Gasteiger partial charge in [0.1, 0.15) is 0 Å². The van der Waals surface area contributed by atoms with Crippen LogP contribution in [-0.2, 0) is 0 Å². The number of hydrogen-bond acceptors (Lipinski definition) is 3. The number of nitrogens with zero attached hydrogens (tertiary/aromatic N) is 2. The van der Waals surface area contributed by atoms with Crippen molar-refractivity contribution in [3.8, 4) is 0 Å². The Balaban J connectivity index is 0.00000144. The highest BCUT2D eigenvalue weighted by molar-refractivity contribution is 5.85. The van der Waals surface area contributed by atoms with E-state index in [0.29, 0.717) is 0 Å². The van der Waals surface area contributed by atoms with E-state index in [1.807, 2.05) is 0 Å². The Bertz CT molecular complexity index is 197. The predicted octanol–water partition coefficient (Wildman–Crippen LogP) is 1.56. The highest BCUT2D eigenvalue weighted by Gasteiger charge is 2.26. The van der Waals surface area contributed by atoms with Crippen LogP contribution in [0.5, 0.6) is 0 Å². The molecule has 2 aliphatic rings. The van der Waals surface area contributed by atoms with E-state index in [-0.39, 0.29) is 12.4 Å². The molecule has 0 bridgehead atoms. The Hall–Kier alpha value is 0.170. The second-order valence-electron chi connectivity index (χ2n) is 5.58. The zero-order chi connectivity index (χ0) is 11.4. The topological polar surface area (TPSA) is 32.5 Å². The maximum absolute atomic E-state index is 5.60. The molecule has 17 heavy (non-hydrogen) atoms. The summed E-state index contributed by atoms with van der Waals surface area (Å²) in [6, 6.07) is 0.885. The smallest absolute Gasteiger partial charge is 0.0113 e. The molecule has 1 heterocycles. The fraction of sp³-hybridized carbons (Fsp3) is 1.00. The quantitative estimate of drug-likeness (QED) is 0.837. The lowest BCUT2D eigenvalue weighted by Gasteiger charge is -2.41. The molecular formula is C13H28ClN3. The molecule has 0 radical (unpaired) electrons. The van der Waals surface area contributed by atoms with Crippen LogP contribution in [0.4, 0.5) is 0 Å². The molecule has 0 aromatic carbocycles. The molecule has 4 heteroatoms. The summed E-state index contributed by atoms with van der Waals surface area (Å²) in [6.45, 7) is 9.26. The Morgan fingerprint density at radius 3 is 2.12 bits per heavy atom. The van der Waals surface area contributed by atoms with Crippen LogP contribution < -0.4 is 5.73 Å². The Labute approximate surface area is 112 Å². The average Bonchev–Trinajstić information content (AvgIpc) is 2.32. The van der Waals surface area contributed by atoms with Gasteiger partial charge in [0.05, 0.1) is 0 Å². The van der Waals surface area contributed by atoms with Crippen LogP contribution in [0.1, 0.15) is 32.6 Å². The van der Waals surface area contributed by atoms with Gasteiger partial charge in [0.25, 0.3) is 0 Å². The lowest BCUT2D eigenvalue weighted by molar-refractivity contribution is 0.0735. The summed E-state index contributed by atoms with van der Waals surface area (Å²) in [6.07, 6.45) is 5.73. The first-order chi connectivity index (χ1) is 7.79. The Morgan fingerprint density at radius 2 is 1.59 bits per heavy atom. The minimum absolute atomic E-state index is 0. The van der Waals surface area contributed by atoms with Gasteiger partial charge in [-0.2, -0.15) is 0 Å². The van der Waals surface area contributed by atoms with Gasteiger partial charge in [0.2, 0.25) is 0 Å². The molecule has 1 saturated heterocycles. The van der Waals surface area contributed by atoms with E-state index >= 15 is 0 Å². The zero-order valence-electron chi connectivity index (χ0n) is 11.1. The van der Waals surface area contributed by atoms with Gasteiger partial charge in [-0.25, -0.2) is 0 Å². The van der Waals surface area contributed by atoms with Gasteiger partial charge in [-0.15, -0.1) is 12.4 Å². The van der Waals surface area contributed by atoms with Crippen LogP contribution in [-0.4, -0.2) is 55.1 Å². The average molecular weight is 262 g/mol. The Morgan fingerprint density at radius 1 is 1.00 bits per heavy atom. The molecule has 0 aromatic heterocycles. The third-order valence-corrected chi connectivity index (χ3v) is 4.35. The SMILES string of the molecule is CC1CCC(N2CCN(CCN)CC2)CC1.Cl. The molecule has 1 aliphatic heterocycles. The summed E-state index contributed by atoms with van der Waals surface area (Å²) in [5.41, 5.74) is 5.60. The lowest BCUT2D eigenvalue weighted by atomic mass is 9.86. The highest BCUT2D eigenvalue weighted by Crippen LogP contribution is 2.27. The second-order valence-corrected chi connectivity index (χ2v) is 5.58. The van der Waals surface area contributed by atoms with Crippen LogP contribution in [0, 0.1) is 5.92 Å². The minimum atomic E-state index is 0. The molecular weight excluding hydrogens is 234 g/mol. The first kappa shape index (κ1) is 15.2. The number of halogens is 1. The normalized spacial score (nSPS) is 32.1. The molecule has 0 aromatic rings. The fourth-order valence-corrected chi connectivity index (χ4v) is 3.14. The van der Waals surface area contributed by atoms with Crippen LogP contribution in [0.15, 0.2) is 0 Å². The molecule has 1 saturated carbocycles. The van der Waals surface area contributed by atoms with Crippen molar-refractivity contribution in [2.24, 2.45) is 11.7 Å². The van der Waals surface area contributed by atoms with E-state index in [1.165, 1.54) is 51.9 Å². The molecule has 0 amide bonds. The molecule has 2 fully saturated rings. The summed E-state index contributed by atoms with van der Waals surface area (Å²) in [5.74, 6) is 0.967. The predicted molar refractivity (Wildman–Crippen MR) is 75.7 cm³/mol. The van der Waals surface area contributed by atoms with Gasteiger partial charge in [0.15, 0.2) is 0 Å². The van der Waals surface area contributed by atoms with Gasteiger partial charge >= 0.3 is 0 Å². The molecule has 102 valence electrons. The first-order valence-corrected chi connectivity index (χ1v) is 6.96. The summed E-state index contributed by atoms with van der Waals surface area (Å²) < 4.78 is 0. The maximum Gasteiger partial charge on any atom is 0.0113 e. The molecule has 2 rings (SSSR count). The lowest BCUT2D eigenvalue weighted by Crippen LogP contribution is -2.51. The van der Waals surface area contributed by atoms with Crippen molar-refractivity contribution in [2.75, 3.05) is 39.3 Å². The van der Waals surface area contributed by atoms with Crippen molar-refractivity contribution in [3.63, 3.8) is 0 Å². The summed E-state index contributed by atoms with van der Waals surface area (Å²) in [4.78, 5) is 5.22. The van der Waals surface area contributed by atoms with Gasteiger partial charge < -0.3 is 5.73 Å². The third-order valence-electron chi connectivity index (χ3n) is 4.35. The van der Waals surface area contributed by atoms with Gasteiger partial charge in [-0.05, 0) is 31.6 Å². The van der Waals surface area contributed by atoms with Gasteiger partial charge in [-0.1, -0.05) is 6.92 Å². The van der Waals surface area contributed by atoms with E-state index in [9.17, 15) is 0 Å². The number of nitrogens with two attached hydrogens (primary N) is 1. The van der Waals surface area contributed by atoms with E-state index in [0.717, 1.165) is 25.0 Å². The van der Waals surface area contributed by atoms with Crippen LogP contribution in [0.2, 0.25) is 0 Å². The molecule has 1 aliphatic carbocycles. The standard InChI is InChI=1S/C13H27N3.ClH/c1-12-2-4-13(5-3-12)16-10-8-15(7-6-14)9-11-16;/h12-13H,2-11,14H2,1H3;1H. The van der Waals surface area contributed by atoms with Crippen LogP contribution in [0.25, 0.3) is 0 Å². The zero-order valence-corrected chi connectivity index (χ0v) is 11.9. The molecule has 0 spiro atoms. The van der Waals surface area contributed by atoms with Gasteiger partial charge in [-0.3, -0.25) is 9.80 Å². The van der Waals surface area contributed by atoms with Crippen LogP contribution >= 0.6 is 12.4 Å². The maximum atomic E-state index is 5.60. The second kappa shape index (κ2) is 7.57. The first-order valence-electron chi connectivity index (χ1n) is 6.96.